The van der Waals surface area contributed by atoms with Crippen molar-refractivity contribution in [2.45, 2.75) is 60.9 Å². The summed E-state index contributed by atoms with van der Waals surface area (Å²) in [7, 11) is 0. The molecular formula is C18H31NO. The van der Waals surface area contributed by atoms with E-state index >= 15 is 0 Å². The SMILES string of the molecule is CC.CC.Cc1ccccc1CN1CCC(C)CC1=O. The molecule has 0 aromatic heterocycles. The van der Waals surface area contributed by atoms with Gasteiger partial charge in [0.1, 0.15) is 0 Å². The number of carbonyl (C=O) groups is 1. The Morgan fingerprint density at radius 2 is 1.75 bits per heavy atom. The van der Waals surface area contributed by atoms with Gasteiger partial charge in [-0.1, -0.05) is 58.9 Å². The van der Waals surface area contributed by atoms with Crippen LogP contribution < -0.4 is 0 Å². The lowest BCUT2D eigenvalue weighted by Crippen LogP contribution is -2.37. The van der Waals surface area contributed by atoms with Gasteiger partial charge in [-0.15, -0.1) is 0 Å². The lowest BCUT2D eigenvalue weighted by Gasteiger charge is -2.30. The zero-order chi connectivity index (χ0) is 15.5. The first kappa shape index (κ1) is 18.7. The van der Waals surface area contributed by atoms with Gasteiger partial charge in [0.15, 0.2) is 0 Å². The van der Waals surface area contributed by atoms with Crippen LogP contribution in [0.15, 0.2) is 24.3 Å². The van der Waals surface area contributed by atoms with E-state index in [0.717, 1.165) is 19.5 Å². The Kier molecular flexibility index (Phi) is 9.79. The minimum Gasteiger partial charge on any atom is -0.338 e. The van der Waals surface area contributed by atoms with Crippen LogP contribution in [-0.4, -0.2) is 17.4 Å². The molecule has 2 rings (SSSR count). The van der Waals surface area contributed by atoms with Crippen LogP contribution in [0, 0.1) is 12.8 Å². The second kappa shape index (κ2) is 10.5. The molecule has 1 aliphatic rings. The fraction of sp³-hybridized carbons (Fsp3) is 0.611. The highest BCUT2D eigenvalue weighted by Crippen LogP contribution is 2.20. The number of likely N-dealkylation sites (tertiary alicyclic amines) is 1. The molecule has 0 N–H and O–H groups in total. The van der Waals surface area contributed by atoms with Gasteiger partial charge in [0, 0.05) is 19.5 Å². The third kappa shape index (κ3) is 5.77. The number of hydrogen-bond acceptors (Lipinski definition) is 1. The zero-order valence-electron chi connectivity index (χ0n) is 14.1. The summed E-state index contributed by atoms with van der Waals surface area (Å²) in [5.41, 5.74) is 2.54. The Morgan fingerprint density at radius 1 is 1.15 bits per heavy atom. The predicted molar refractivity (Wildman–Crippen MR) is 87.7 cm³/mol. The number of benzene rings is 1. The Hall–Kier alpha value is -1.31. The number of amides is 1. The molecule has 20 heavy (non-hydrogen) atoms. The molecule has 1 aliphatic heterocycles. The number of rotatable bonds is 2. The summed E-state index contributed by atoms with van der Waals surface area (Å²) in [5.74, 6) is 0.864. The number of piperidine rings is 1. The van der Waals surface area contributed by atoms with Gasteiger partial charge >= 0.3 is 0 Å². The highest BCUT2D eigenvalue weighted by atomic mass is 16.2. The molecule has 1 heterocycles. The summed E-state index contributed by atoms with van der Waals surface area (Å²) in [6.45, 7) is 13.9. The minimum atomic E-state index is 0.307. The Morgan fingerprint density at radius 3 is 2.30 bits per heavy atom. The normalized spacial score (nSPS) is 17.6. The van der Waals surface area contributed by atoms with Crippen LogP contribution in [0.1, 0.15) is 58.6 Å². The van der Waals surface area contributed by atoms with Gasteiger partial charge in [0.2, 0.25) is 5.91 Å². The quantitative estimate of drug-likeness (QED) is 0.760. The van der Waals surface area contributed by atoms with Crippen molar-refractivity contribution in [2.24, 2.45) is 5.92 Å². The van der Waals surface area contributed by atoms with Gasteiger partial charge in [0.25, 0.3) is 0 Å². The van der Waals surface area contributed by atoms with Crippen LogP contribution in [0.4, 0.5) is 0 Å². The Bertz CT molecular complexity index is 387. The maximum atomic E-state index is 11.8. The van der Waals surface area contributed by atoms with Gasteiger partial charge in [-0.2, -0.15) is 0 Å². The molecule has 1 aromatic carbocycles. The molecule has 1 fully saturated rings. The van der Waals surface area contributed by atoms with Crippen molar-refractivity contribution in [3.8, 4) is 0 Å². The van der Waals surface area contributed by atoms with E-state index in [-0.39, 0.29) is 0 Å². The summed E-state index contributed by atoms with van der Waals surface area (Å²) in [5, 5.41) is 0. The average molecular weight is 277 g/mol. The molecule has 1 amide bonds. The molecule has 0 aliphatic carbocycles. The number of nitrogens with zero attached hydrogens (tertiary/aromatic N) is 1. The summed E-state index contributed by atoms with van der Waals surface area (Å²) in [6, 6.07) is 8.30. The molecule has 1 aromatic rings. The topological polar surface area (TPSA) is 20.3 Å². The lowest BCUT2D eigenvalue weighted by molar-refractivity contribution is -0.135. The number of carbonyl (C=O) groups excluding carboxylic acids is 1. The van der Waals surface area contributed by atoms with Gasteiger partial charge in [0.05, 0.1) is 0 Å². The molecular weight excluding hydrogens is 246 g/mol. The highest BCUT2D eigenvalue weighted by molar-refractivity contribution is 5.77. The average Bonchev–Trinajstić information content (AvgIpc) is 2.48. The van der Waals surface area contributed by atoms with E-state index in [1.807, 2.05) is 44.7 Å². The molecule has 114 valence electrons. The monoisotopic (exact) mass is 277 g/mol. The molecule has 1 saturated heterocycles. The van der Waals surface area contributed by atoms with Crippen LogP contribution in [0.25, 0.3) is 0 Å². The highest BCUT2D eigenvalue weighted by Gasteiger charge is 2.22. The van der Waals surface area contributed by atoms with Crippen molar-refractivity contribution >= 4 is 5.91 Å². The summed E-state index contributed by atoms with van der Waals surface area (Å²) >= 11 is 0. The second-order valence-electron chi connectivity index (χ2n) is 4.84. The Labute approximate surface area is 125 Å². The van der Waals surface area contributed by atoms with Gasteiger partial charge in [-0.05, 0) is 30.4 Å². The largest absolute Gasteiger partial charge is 0.338 e. The third-order valence-electron chi connectivity index (χ3n) is 3.39. The zero-order valence-corrected chi connectivity index (χ0v) is 14.1. The van der Waals surface area contributed by atoms with Crippen LogP contribution >= 0.6 is 0 Å². The van der Waals surface area contributed by atoms with E-state index in [9.17, 15) is 4.79 Å². The second-order valence-corrected chi connectivity index (χ2v) is 4.84. The van der Waals surface area contributed by atoms with E-state index < -0.39 is 0 Å². The van der Waals surface area contributed by atoms with Gasteiger partial charge in [-0.25, -0.2) is 0 Å². The van der Waals surface area contributed by atoms with Crippen molar-refractivity contribution < 1.29 is 4.79 Å². The van der Waals surface area contributed by atoms with Crippen molar-refractivity contribution in [1.29, 1.82) is 0 Å². The maximum absolute atomic E-state index is 11.8. The molecule has 2 heteroatoms. The van der Waals surface area contributed by atoms with E-state index in [2.05, 4.69) is 26.0 Å². The number of hydrogen-bond donors (Lipinski definition) is 0. The van der Waals surface area contributed by atoms with Gasteiger partial charge < -0.3 is 4.90 Å². The van der Waals surface area contributed by atoms with Crippen molar-refractivity contribution in [2.75, 3.05) is 6.54 Å². The first-order valence-electron chi connectivity index (χ1n) is 7.99. The molecule has 0 radical (unpaired) electrons. The Balaban J connectivity index is 0.000000829. The van der Waals surface area contributed by atoms with E-state index in [1.54, 1.807) is 0 Å². The van der Waals surface area contributed by atoms with E-state index in [4.69, 9.17) is 0 Å². The van der Waals surface area contributed by atoms with Crippen molar-refractivity contribution in [3.05, 3.63) is 35.4 Å². The first-order chi connectivity index (χ1) is 9.66. The number of aryl methyl sites for hydroxylation is 1. The molecule has 2 nitrogen and oxygen atoms in total. The van der Waals surface area contributed by atoms with Crippen LogP contribution in [0.2, 0.25) is 0 Å². The minimum absolute atomic E-state index is 0.307. The molecule has 0 spiro atoms. The molecule has 0 saturated carbocycles. The standard InChI is InChI=1S/C14H19NO.2C2H6/c1-11-7-8-15(14(16)9-11)10-13-6-4-3-5-12(13)2;2*1-2/h3-6,11H,7-10H2,1-2H3;2*1-2H3. The van der Waals surface area contributed by atoms with Crippen molar-refractivity contribution in [1.82, 2.24) is 4.90 Å². The first-order valence-corrected chi connectivity index (χ1v) is 7.99. The predicted octanol–water partition coefficient (Wildman–Crippen LogP) is 4.81. The fourth-order valence-corrected chi connectivity index (χ4v) is 2.19. The smallest absolute Gasteiger partial charge is 0.223 e. The molecule has 1 atom stereocenters. The molecule has 1 unspecified atom stereocenters. The van der Waals surface area contributed by atoms with Crippen molar-refractivity contribution in [3.63, 3.8) is 0 Å². The van der Waals surface area contributed by atoms with Crippen LogP contribution in [-0.2, 0) is 11.3 Å². The fourth-order valence-electron chi connectivity index (χ4n) is 2.19. The summed E-state index contributed by atoms with van der Waals surface area (Å²) in [4.78, 5) is 13.8. The lowest BCUT2D eigenvalue weighted by atomic mass is 9.97. The van der Waals surface area contributed by atoms with Crippen LogP contribution in [0.3, 0.4) is 0 Å². The maximum Gasteiger partial charge on any atom is 0.223 e. The summed E-state index contributed by atoms with van der Waals surface area (Å²) in [6.07, 6.45) is 1.85. The van der Waals surface area contributed by atoms with E-state index in [0.29, 0.717) is 18.2 Å². The molecule has 0 bridgehead atoms. The van der Waals surface area contributed by atoms with Gasteiger partial charge in [-0.3, -0.25) is 4.79 Å². The van der Waals surface area contributed by atoms with E-state index in [1.165, 1.54) is 11.1 Å². The third-order valence-corrected chi connectivity index (χ3v) is 3.39. The van der Waals surface area contributed by atoms with Crippen LogP contribution in [0.5, 0.6) is 0 Å². The summed E-state index contributed by atoms with van der Waals surface area (Å²) < 4.78 is 0.